The molecule has 0 aliphatic heterocycles. The van der Waals surface area contributed by atoms with E-state index < -0.39 is 0 Å². The van der Waals surface area contributed by atoms with Crippen LogP contribution in [0.2, 0.25) is 0 Å². The normalized spacial score (nSPS) is 9.32. The van der Waals surface area contributed by atoms with Gasteiger partial charge in [0.2, 0.25) is 0 Å². The number of rotatable bonds is 5. The summed E-state index contributed by atoms with van der Waals surface area (Å²) in [6.07, 6.45) is 5.26. The van der Waals surface area contributed by atoms with Gasteiger partial charge in [-0.1, -0.05) is 0 Å². The van der Waals surface area contributed by atoms with E-state index in [1.165, 1.54) is 11.3 Å². The monoisotopic (exact) mass is 323 g/mol. The van der Waals surface area contributed by atoms with Crippen LogP contribution in [0.1, 0.15) is 15.5 Å². The van der Waals surface area contributed by atoms with E-state index in [1.807, 2.05) is 10.8 Å². The van der Waals surface area contributed by atoms with Crippen molar-refractivity contribution in [3.05, 3.63) is 34.8 Å². The molecule has 0 saturated heterocycles. The van der Waals surface area contributed by atoms with Crippen LogP contribution in [0.25, 0.3) is 0 Å². The van der Waals surface area contributed by atoms with Gasteiger partial charge < -0.3 is 15.6 Å². The molecule has 0 spiro atoms. The van der Waals surface area contributed by atoms with Crippen molar-refractivity contribution in [1.82, 2.24) is 19.9 Å². The highest BCUT2D eigenvalue weighted by Crippen LogP contribution is 2.08. The third-order valence-electron chi connectivity index (χ3n) is 2.17. The van der Waals surface area contributed by atoms with Gasteiger partial charge in [-0.25, -0.2) is 9.97 Å². The lowest BCUT2D eigenvalue weighted by atomic mass is 10.4. The van der Waals surface area contributed by atoms with Crippen molar-refractivity contribution in [2.24, 2.45) is 5.73 Å². The Hall–Kier alpha value is -1.15. The highest BCUT2D eigenvalue weighted by molar-refractivity contribution is 7.09. The van der Waals surface area contributed by atoms with Crippen molar-refractivity contribution >= 4 is 42.1 Å². The van der Waals surface area contributed by atoms with Gasteiger partial charge >= 0.3 is 0 Å². The van der Waals surface area contributed by atoms with Crippen LogP contribution in [0.4, 0.5) is 0 Å². The summed E-state index contributed by atoms with van der Waals surface area (Å²) in [4.78, 5) is 19.7. The minimum atomic E-state index is -0.166. The van der Waals surface area contributed by atoms with Crippen molar-refractivity contribution in [3.8, 4) is 0 Å². The number of thiazole rings is 1. The van der Waals surface area contributed by atoms with E-state index in [-0.39, 0.29) is 30.7 Å². The number of hydrogen-bond donors (Lipinski definition) is 2. The maximum absolute atomic E-state index is 11.7. The number of hydrogen-bond acceptors (Lipinski definition) is 5. The molecule has 0 atom stereocenters. The molecule has 0 aliphatic carbocycles. The molecule has 106 valence electrons. The molecule has 19 heavy (non-hydrogen) atoms. The van der Waals surface area contributed by atoms with Crippen molar-refractivity contribution < 1.29 is 4.79 Å². The van der Waals surface area contributed by atoms with Gasteiger partial charge in [0.05, 0.1) is 6.33 Å². The molecule has 0 bridgehead atoms. The minimum absolute atomic E-state index is 0. The lowest BCUT2D eigenvalue weighted by molar-refractivity contribution is 0.0948. The molecule has 0 radical (unpaired) electrons. The molecule has 2 aromatic heterocycles. The second kappa shape index (κ2) is 8.87. The Kier molecular flexibility index (Phi) is 8.33. The molecule has 0 saturated carbocycles. The Balaban J connectivity index is 0.00000162. The number of carbonyl (C=O) groups excluding carboxylic acids is 1. The lowest BCUT2D eigenvalue weighted by Gasteiger charge is -2.03. The first-order valence-corrected chi connectivity index (χ1v) is 6.06. The Bertz CT molecular complexity index is 488. The Labute approximate surface area is 127 Å². The maximum atomic E-state index is 11.7. The van der Waals surface area contributed by atoms with Crippen molar-refractivity contribution in [3.63, 3.8) is 0 Å². The van der Waals surface area contributed by atoms with Gasteiger partial charge in [0.25, 0.3) is 5.91 Å². The average molecular weight is 324 g/mol. The van der Waals surface area contributed by atoms with Crippen LogP contribution in [0.3, 0.4) is 0 Å². The zero-order valence-corrected chi connectivity index (χ0v) is 12.4. The largest absolute Gasteiger partial charge is 0.349 e. The molecule has 0 fully saturated rings. The fourth-order valence-electron chi connectivity index (χ4n) is 1.32. The van der Waals surface area contributed by atoms with Crippen LogP contribution in [0.5, 0.6) is 0 Å². The Morgan fingerprint density at radius 3 is 2.84 bits per heavy atom. The number of aromatic nitrogens is 3. The van der Waals surface area contributed by atoms with Crippen molar-refractivity contribution in [2.75, 3.05) is 6.54 Å². The van der Waals surface area contributed by atoms with Gasteiger partial charge in [-0.3, -0.25) is 4.79 Å². The molecule has 0 aliphatic rings. The van der Waals surface area contributed by atoms with Crippen LogP contribution >= 0.6 is 36.2 Å². The standard InChI is InChI=1S/C10H13N5OS.2ClH/c11-5-9-14-8(6-17-9)10(16)13-2-4-15-3-1-12-7-15;;/h1,3,6-7H,2,4-5,11H2,(H,13,16);2*1H. The van der Waals surface area contributed by atoms with E-state index in [9.17, 15) is 4.79 Å². The predicted octanol–water partition coefficient (Wildman–Crippen LogP) is 1.07. The van der Waals surface area contributed by atoms with Gasteiger partial charge in [0, 0.05) is 37.4 Å². The quantitative estimate of drug-likeness (QED) is 0.861. The number of nitrogens with zero attached hydrogens (tertiary/aromatic N) is 3. The molecule has 0 unspecified atom stereocenters. The van der Waals surface area contributed by atoms with Gasteiger partial charge in [-0.2, -0.15) is 0 Å². The number of carbonyl (C=O) groups is 1. The fraction of sp³-hybridized carbons (Fsp3) is 0.300. The number of halogens is 2. The molecular formula is C10H15Cl2N5OS. The summed E-state index contributed by atoms with van der Waals surface area (Å²) < 4.78 is 1.90. The van der Waals surface area contributed by atoms with Gasteiger partial charge in [-0.15, -0.1) is 36.2 Å². The first kappa shape index (κ1) is 17.8. The van der Waals surface area contributed by atoms with E-state index in [1.54, 1.807) is 17.9 Å². The molecule has 6 nitrogen and oxygen atoms in total. The summed E-state index contributed by atoms with van der Waals surface area (Å²) in [7, 11) is 0. The van der Waals surface area contributed by atoms with Crippen molar-refractivity contribution in [1.29, 1.82) is 0 Å². The van der Waals surface area contributed by atoms with Gasteiger partial charge in [0.15, 0.2) is 0 Å². The number of imidazole rings is 1. The molecule has 1 amide bonds. The summed E-state index contributed by atoms with van der Waals surface area (Å²) >= 11 is 1.40. The topological polar surface area (TPSA) is 85.8 Å². The predicted molar refractivity (Wildman–Crippen MR) is 79.1 cm³/mol. The molecule has 9 heteroatoms. The molecule has 0 aromatic carbocycles. The summed E-state index contributed by atoms with van der Waals surface area (Å²) in [6.45, 7) is 1.61. The zero-order chi connectivity index (χ0) is 12.1. The van der Waals surface area contributed by atoms with E-state index in [4.69, 9.17) is 5.73 Å². The molecule has 2 rings (SSSR count). The van der Waals surface area contributed by atoms with E-state index >= 15 is 0 Å². The van der Waals surface area contributed by atoms with Crippen LogP contribution in [-0.2, 0) is 13.1 Å². The van der Waals surface area contributed by atoms with Crippen LogP contribution in [-0.4, -0.2) is 27.0 Å². The van der Waals surface area contributed by atoms with Crippen molar-refractivity contribution in [2.45, 2.75) is 13.1 Å². The SMILES string of the molecule is Cl.Cl.NCc1nc(C(=O)NCCn2ccnc2)cs1. The van der Waals surface area contributed by atoms with E-state index in [0.29, 0.717) is 25.3 Å². The highest BCUT2D eigenvalue weighted by Gasteiger charge is 2.09. The molecule has 2 aromatic rings. The average Bonchev–Trinajstić information content (AvgIpc) is 2.99. The molecule has 3 N–H and O–H groups in total. The second-order valence-electron chi connectivity index (χ2n) is 3.39. The third-order valence-corrected chi connectivity index (χ3v) is 3.04. The number of nitrogens with two attached hydrogens (primary N) is 1. The first-order valence-electron chi connectivity index (χ1n) is 5.18. The van der Waals surface area contributed by atoms with E-state index in [0.717, 1.165) is 5.01 Å². The molecule has 2 heterocycles. The van der Waals surface area contributed by atoms with Crippen LogP contribution < -0.4 is 11.1 Å². The van der Waals surface area contributed by atoms with Gasteiger partial charge in [0.1, 0.15) is 10.7 Å². The maximum Gasteiger partial charge on any atom is 0.270 e. The van der Waals surface area contributed by atoms with Gasteiger partial charge in [-0.05, 0) is 0 Å². The molecular weight excluding hydrogens is 309 g/mol. The Morgan fingerprint density at radius 2 is 2.26 bits per heavy atom. The smallest absolute Gasteiger partial charge is 0.270 e. The first-order chi connectivity index (χ1) is 8.29. The number of nitrogens with one attached hydrogen (secondary N) is 1. The lowest BCUT2D eigenvalue weighted by Crippen LogP contribution is -2.27. The Morgan fingerprint density at radius 1 is 1.47 bits per heavy atom. The minimum Gasteiger partial charge on any atom is -0.349 e. The zero-order valence-electron chi connectivity index (χ0n) is 9.98. The second-order valence-corrected chi connectivity index (χ2v) is 4.33. The summed E-state index contributed by atoms with van der Waals surface area (Å²) in [5.41, 5.74) is 5.87. The van der Waals surface area contributed by atoms with E-state index in [2.05, 4.69) is 15.3 Å². The summed E-state index contributed by atoms with van der Waals surface area (Å²) in [5, 5.41) is 5.28. The third kappa shape index (κ3) is 5.15. The summed E-state index contributed by atoms with van der Waals surface area (Å²) in [5.74, 6) is -0.166. The number of amides is 1. The van der Waals surface area contributed by atoms with Crippen LogP contribution in [0.15, 0.2) is 24.1 Å². The fourth-order valence-corrected chi connectivity index (χ4v) is 1.97. The van der Waals surface area contributed by atoms with Crippen LogP contribution in [0, 0.1) is 0 Å². The summed E-state index contributed by atoms with van der Waals surface area (Å²) in [6, 6.07) is 0. The highest BCUT2D eigenvalue weighted by atomic mass is 35.5.